The summed E-state index contributed by atoms with van der Waals surface area (Å²) in [5.74, 6) is -0.232. The zero-order valence-electron chi connectivity index (χ0n) is 23.7. The van der Waals surface area contributed by atoms with Gasteiger partial charge in [-0.05, 0) is 47.2 Å². The fourth-order valence-corrected chi connectivity index (χ4v) is 6.45. The van der Waals surface area contributed by atoms with Crippen molar-refractivity contribution >= 4 is 14.3 Å². The highest BCUT2D eigenvalue weighted by Gasteiger charge is 2.52. The van der Waals surface area contributed by atoms with Crippen LogP contribution < -0.4 is 0 Å². The van der Waals surface area contributed by atoms with Crippen molar-refractivity contribution in [2.75, 3.05) is 13.2 Å². The molecule has 2 aliphatic heterocycles. The van der Waals surface area contributed by atoms with Crippen molar-refractivity contribution in [2.24, 2.45) is 0 Å². The van der Waals surface area contributed by atoms with Crippen LogP contribution in [0.15, 0.2) is 42.0 Å². The summed E-state index contributed by atoms with van der Waals surface area (Å²) in [5, 5.41) is 0.167. The third-order valence-electron chi connectivity index (χ3n) is 8.39. The zero-order valence-corrected chi connectivity index (χ0v) is 24.7. The Morgan fingerprint density at radius 1 is 1.17 bits per heavy atom. The predicted octanol–water partition coefficient (Wildman–Crippen LogP) is 6.45. The molecule has 0 aromatic heterocycles. The lowest BCUT2D eigenvalue weighted by atomic mass is 9.81. The van der Waals surface area contributed by atoms with Crippen LogP contribution in [0, 0.1) is 0 Å². The molecule has 4 atom stereocenters. The van der Waals surface area contributed by atoms with Crippen LogP contribution in [0.5, 0.6) is 0 Å². The van der Waals surface area contributed by atoms with E-state index < -0.39 is 8.32 Å². The summed E-state index contributed by atoms with van der Waals surface area (Å²) < 4.78 is 18.4. The molecule has 4 rings (SSSR count). The Morgan fingerprint density at radius 2 is 1.89 bits per heavy atom. The summed E-state index contributed by atoms with van der Waals surface area (Å²) in [6.07, 6.45) is 7.85. The SMILES string of the molecule is CCOC(=O)C1=C[C@@H](/C=C/CO[Si](C)(C)C(C)(C)C)N2[C@@H](C1)O[C@@H]1Cc3cccc(C(C)(C)C)c3[C@@H]12. The molecule has 0 bridgehead atoms. The first-order chi connectivity index (χ1) is 16.7. The Morgan fingerprint density at radius 3 is 2.53 bits per heavy atom. The average Bonchev–Trinajstić information content (AvgIpc) is 3.30. The number of carbonyl (C=O) groups excluding carboxylic acids is 1. The summed E-state index contributed by atoms with van der Waals surface area (Å²) in [7, 11) is -1.84. The third-order valence-corrected chi connectivity index (χ3v) is 12.9. The number of hydrogen-bond acceptors (Lipinski definition) is 5. The van der Waals surface area contributed by atoms with Crippen molar-refractivity contribution in [3.63, 3.8) is 0 Å². The maximum absolute atomic E-state index is 12.7. The quantitative estimate of drug-likeness (QED) is 0.250. The number of hydrogen-bond donors (Lipinski definition) is 0. The molecule has 198 valence electrons. The first-order valence-corrected chi connectivity index (χ1v) is 16.4. The van der Waals surface area contributed by atoms with E-state index in [9.17, 15) is 4.79 Å². The van der Waals surface area contributed by atoms with Gasteiger partial charge in [0.2, 0.25) is 0 Å². The van der Waals surface area contributed by atoms with Gasteiger partial charge in [-0.15, -0.1) is 0 Å². The molecule has 6 heteroatoms. The van der Waals surface area contributed by atoms with Crippen molar-refractivity contribution < 1.29 is 18.7 Å². The second-order valence-corrected chi connectivity index (χ2v) is 17.8. The van der Waals surface area contributed by atoms with Crippen molar-refractivity contribution in [2.45, 2.75) is 109 Å². The predicted molar refractivity (Wildman–Crippen MR) is 147 cm³/mol. The summed E-state index contributed by atoms with van der Waals surface area (Å²) in [6.45, 7) is 21.0. The third kappa shape index (κ3) is 5.15. The molecule has 36 heavy (non-hydrogen) atoms. The molecule has 0 spiro atoms. The highest BCUT2D eigenvalue weighted by molar-refractivity contribution is 6.74. The van der Waals surface area contributed by atoms with Crippen LogP contribution in [0.3, 0.4) is 0 Å². The van der Waals surface area contributed by atoms with Crippen LogP contribution >= 0.6 is 0 Å². The van der Waals surface area contributed by atoms with Crippen LogP contribution in [0.2, 0.25) is 18.1 Å². The molecule has 0 N–H and O–H groups in total. The molecule has 1 saturated heterocycles. The number of nitrogens with zero attached hydrogens (tertiary/aromatic N) is 1. The first-order valence-electron chi connectivity index (χ1n) is 13.5. The minimum absolute atomic E-state index is 0.0440. The molecule has 3 aliphatic rings. The van der Waals surface area contributed by atoms with Crippen LogP contribution in [0.1, 0.15) is 77.6 Å². The van der Waals surface area contributed by atoms with Gasteiger partial charge in [0, 0.05) is 18.4 Å². The number of esters is 1. The number of fused-ring (bicyclic) bond motifs is 5. The Labute approximate surface area is 219 Å². The van der Waals surface area contributed by atoms with E-state index in [-0.39, 0.29) is 40.8 Å². The summed E-state index contributed by atoms with van der Waals surface area (Å²) in [4.78, 5) is 15.2. The number of rotatable bonds is 6. The molecule has 0 amide bonds. The van der Waals surface area contributed by atoms with Gasteiger partial charge in [-0.1, -0.05) is 78.0 Å². The molecular weight excluding hydrogens is 466 g/mol. The summed E-state index contributed by atoms with van der Waals surface area (Å²) in [5.41, 5.74) is 4.95. The minimum atomic E-state index is -1.84. The van der Waals surface area contributed by atoms with Gasteiger partial charge in [0.1, 0.15) is 6.23 Å². The smallest absolute Gasteiger partial charge is 0.333 e. The number of ether oxygens (including phenoxy) is 2. The maximum Gasteiger partial charge on any atom is 0.333 e. The maximum atomic E-state index is 12.7. The molecule has 2 heterocycles. The molecule has 1 aromatic rings. The van der Waals surface area contributed by atoms with Crippen molar-refractivity contribution in [1.29, 1.82) is 0 Å². The average molecular weight is 512 g/mol. The topological polar surface area (TPSA) is 48.0 Å². The normalized spacial score (nSPS) is 26.5. The van der Waals surface area contributed by atoms with E-state index in [1.165, 1.54) is 16.7 Å². The standard InChI is InChI=1S/C30H45NO4Si/c1-10-33-28(32)21-17-22(14-12-16-34-36(8,9)30(5,6)7)31-25(19-21)35-24-18-20-13-11-15-23(29(2,3)4)26(20)27(24)31/h11-15,17,22,24-25,27H,10,16,18-19H2,1-9H3/b14-12+/t22-,24-,25-,27-/m1/s1. The van der Waals surface area contributed by atoms with Gasteiger partial charge >= 0.3 is 5.97 Å². The fraction of sp³-hybridized carbons (Fsp3) is 0.633. The molecule has 1 aliphatic carbocycles. The Kier molecular flexibility index (Phi) is 7.48. The van der Waals surface area contributed by atoms with Crippen molar-refractivity contribution in [1.82, 2.24) is 4.90 Å². The van der Waals surface area contributed by atoms with Gasteiger partial charge in [-0.2, -0.15) is 0 Å². The van der Waals surface area contributed by atoms with Crippen LogP contribution in [0.4, 0.5) is 0 Å². The van der Waals surface area contributed by atoms with Gasteiger partial charge in [-0.25, -0.2) is 4.79 Å². The van der Waals surface area contributed by atoms with E-state index in [0.29, 0.717) is 25.2 Å². The van der Waals surface area contributed by atoms with E-state index >= 15 is 0 Å². The molecule has 5 nitrogen and oxygen atoms in total. The van der Waals surface area contributed by atoms with E-state index in [4.69, 9.17) is 13.9 Å². The number of benzene rings is 1. The lowest BCUT2D eigenvalue weighted by molar-refractivity contribution is -0.139. The fourth-order valence-electron chi connectivity index (χ4n) is 5.50. The van der Waals surface area contributed by atoms with Gasteiger partial charge in [-0.3, -0.25) is 4.90 Å². The lowest BCUT2D eigenvalue weighted by Gasteiger charge is -2.38. The molecule has 1 aromatic carbocycles. The minimum Gasteiger partial charge on any atom is -0.463 e. The first kappa shape index (κ1) is 27.3. The molecule has 0 saturated carbocycles. The van der Waals surface area contributed by atoms with Crippen LogP contribution in [0.25, 0.3) is 0 Å². The van der Waals surface area contributed by atoms with E-state index in [1.54, 1.807) is 0 Å². The van der Waals surface area contributed by atoms with Crippen LogP contribution in [-0.2, 0) is 30.5 Å². The van der Waals surface area contributed by atoms with Gasteiger partial charge in [0.05, 0.1) is 31.4 Å². The van der Waals surface area contributed by atoms with Gasteiger partial charge in [0.25, 0.3) is 0 Å². The second-order valence-electron chi connectivity index (χ2n) is 13.0. The van der Waals surface area contributed by atoms with E-state index in [1.807, 2.05) is 6.92 Å². The molecular formula is C30H45NO4Si. The van der Waals surface area contributed by atoms with Gasteiger partial charge < -0.3 is 13.9 Å². The lowest BCUT2D eigenvalue weighted by Crippen LogP contribution is -2.44. The Balaban J connectivity index is 1.66. The van der Waals surface area contributed by atoms with E-state index in [2.05, 4.69) is 96.0 Å². The Bertz CT molecular complexity index is 1050. The van der Waals surface area contributed by atoms with Crippen LogP contribution in [-0.4, -0.2) is 50.8 Å². The number of carbonyl (C=O) groups is 1. The Hall–Kier alpha value is -1.73. The van der Waals surface area contributed by atoms with Crippen molar-refractivity contribution in [3.05, 3.63) is 58.7 Å². The highest BCUT2D eigenvalue weighted by Crippen LogP contribution is 2.51. The molecule has 0 unspecified atom stereocenters. The monoisotopic (exact) mass is 511 g/mol. The molecule has 1 fully saturated rings. The van der Waals surface area contributed by atoms with E-state index in [0.717, 1.165) is 6.42 Å². The van der Waals surface area contributed by atoms with Gasteiger partial charge in [0.15, 0.2) is 8.32 Å². The summed E-state index contributed by atoms with van der Waals surface area (Å²) >= 11 is 0. The summed E-state index contributed by atoms with van der Waals surface area (Å²) in [6, 6.07) is 6.83. The zero-order chi connectivity index (χ0) is 26.5. The second kappa shape index (κ2) is 9.86. The largest absolute Gasteiger partial charge is 0.463 e. The highest BCUT2D eigenvalue weighted by atomic mass is 28.4. The van der Waals surface area contributed by atoms with Crippen molar-refractivity contribution in [3.8, 4) is 0 Å². The molecule has 0 radical (unpaired) electrons.